The van der Waals surface area contributed by atoms with Crippen molar-refractivity contribution in [3.63, 3.8) is 0 Å². The lowest BCUT2D eigenvalue weighted by Gasteiger charge is -2.60. The van der Waals surface area contributed by atoms with Crippen LogP contribution in [0.2, 0.25) is 0 Å². The molecule has 0 aliphatic heterocycles. The molecule has 33 heavy (non-hydrogen) atoms. The number of rotatable bonds is 5. The quantitative estimate of drug-likeness (QED) is 0.588. The first-order chi connectivity index (χ1) is 15.7. The third-order valence-corrected chi connectivity index (χ3v) is 11.6. The fourth-order valence-electron chi connectivity index (χ4n) is 8.99. The zero-order valence-electron chi connectivity index (χ0n) is 20.5. The molecule has 4 aliphatic rings. The van der Waals surface area contributed by atoms with Crippen LogP contribution in [0.3, 0.4) is 0 Å². The number of carbonyl (C=O) groups excluding carboxylic acids is 2. The molecule has 5 rings (SSSR count). The van der Waals surface area contributed by atoms with Crippen molar-refractivity contribution < 1.29 is 14.7 Å². The number of hydrogen-bond acceptors (Lipinski definition) is 4. The molecule has 0 spiro atoms. The maximum Gasteiger partial charge on any atom is 0.220 e. The number of carbonyl (C=O) groups is 2. The van der Waals surface area contributed by atoms with E-state index in [1.807, 2.05) is 11.4 Å². The lowest BCUT2D eigenvalue weighted by molar-refractivity contribution is -0.161. The highest BCUT2D eigenvalue weighted by atomic mass is 32.1. The van der Waals surface area contributed by atoms with Crippen molar-refractivity contribution >= 4 is 23.0 Å². The summed E-state index contributed by atoms with van der Waals surface area (Å²) >= 11 is 1.68. The number of aliphatic hydroxyl groups excluding tert-OH is 1. The van der Waals surface area contributed by atoms with E-state index in [1.54, 1.807) is 11.3 Å². The Kier molecular flexibility index (Phi) is 6.27. The Balaban J connectivity index is 1.28. The summed E-state index contributed by atoms with van der Waals surface area (Å²) in [5, 5.41) is 15.4. The molecular weight excluding hydrogens is 430 g/mol. The van der Waals surface area contributed by atoms with Gasteiger partial charge in [0.25, 0.3) is 0 Å². The summed E-state index contributed by atoms with van der Waals surface area (Å²) in [6, 6.07) is 4.09. The number of aliphatic hydroxyl groups is 1. The minimum atomic E-state index is -0.219. The van der Waals surface area contributed by atoms with Gasteiger partial charge in [-0.15, -0.1) is 11.3 Å². The molecule has 1 amide bonds. The van der Waals surface area contributed by atoms with Crippen molar-refractivity contribution in [1.29, 1.82) is 0 Å². The Morgan fingerprint density at radius 1 is 1.18 bits per heavy atom. The van der Waals surface area contributed by atoms with E-state index in [9.17, 15) is 14.7 Å². The number of nitrogens with one attached hydrogen (secondary N) is 1. The van der Waals surface area contributed by atoms with Crippen LogP contribution < -0.4 is 5.32 Å². The predicted molar refractivity (Wildman–Crippen MR) is 132 cm³/mol. The third-order valence-electron chi connectivity index (χ3n) is 10.7. The third kappa shape index (κ3) is 4.01. The zero-order chi connectivity index (χ0) is 23.4. The monoisotopic (exact) mass is 471 g/mol. The molecule has 1 heterocycles. The van der Waals surface area contributed by atoms with E-state index < -0.39 is 0 Å². The van der Waals surface area contributed by atoms with Gasteiger partial charge in [-0.05, 0) is 96.8 Å². The van der Waals surface area contributed by atoms with Crippen molar-refractivity contribution in [2.75, 3.05) is 0 Å². The topological polar surface area (TPSA) is 66.4 Å². The van der Waals surface area contributed by atoms with E-state index in [2.05, 4.69) is 32.2 Å². The van der Waals surface area contributed by atoms with Crippen LogP contribution in [0.15, 0.2) is 17.5 Å². The minimum absolute atomic E-state index is 0.154. The van der Waals surface area contributed by atoms with E-state index >= 15 is 0 Å². The molecule has 0 radical (unpaired) electrons. The summed E-state index contributed by atoms with van der Waals surface area (Å²) in [5.41, 5.74) is 0.381. The first kappa shape index (κ1) is 23.5. The molecule has 9 atom stereocenters. The number of Topliss-reactive ketones (excluding diaryl/α,β-unsaturated/α-hetero) is 1. The second-order valence-electron chi connectivity index (χ2n) is 12.3. The Bertz CT molecular complexity index is 884. The Hall–Kier alpha value is -1.20. The van der Waals surface area contributed by atoms with Crippen molar-refractivity contribution in [3.8, 4) is 0 Å². The van der Waals surface area contributed by atoms with Crippen molar-refractivity contribution in [2.45, 2.75) is 91.2 Å². The number of amides is 1. The number of thiophene rings is 1. The van der Waals surface area contributed by atoms with Crippen LogP contribution in [0.5, 0.6) is 0 Å². The van der Waals surface area contributed by atoms with Crippen molar-refractivity contribution in [2.24, 2.45) is 46.3 Å². The molecule has 2 N–H and O–H groups in total. The van der Waals surface area contributed by atoms with Crippen molar-refractivity contribution in [1.82, 2.24) is 5.32 Å². The fourth-order valence-corrected chi connectivity index (χ4v) is 9.63. The van der Waals surface area contributed by atoms with Gasteiger partial charge in [0, 0.05) is 23.6 Å². The minimum Gasteiger partial charge on any atom is -0.393 e. The van der Waals surface area contributed by atoms with E-state index in [1.165, 1.54) is 11.3 Å². The van der Waals surface area contributed by atoms with Gasteiger partial charge in [0.15, 0.2) is 0 Å². The largest absolute Gasteiger partial charge is 0.393 e. The van der Waals surface area contributed by atoms with Crippen LogP contribution in [0.1, 0.15) is 83.4 Å². The van der Waals surface area contributed by atoms with Gasteiger partial charge in [0.1, 0.15) is 5.78 Å². The molecule has 5 heteroatoms. The predicted octanol–water partition coefficient (Wildman–Crippen LogP) is 5.59. The second kappa shape index (κ2) is 8.78. The fraction of sp³-hybridized carbons (Fsp3) is 0.786. The van der Waals surface area contributed by atoms with Gasteiger partial charge in [-0.25, -0.2) is 0 Å². The smallest absolute Gasteiger partial charge is 0.220 e. The highest BCUT2D eigenvalue weighted by Gasteiger charge is 2.63. The van der Waals surface area contributed by atoms with Gasteiger partial charge in [-0.3, -0.25) is 9.59 Å². The highest BCUT2D eigenvalue weighted by Crippen LogP contribution is 2.67. The van der Waals surface area contributed by atoms with Gasteiger partial charge in [0.05, 0.1) is 12.6 Å². The molecule has 4 aliphatic carbocycles. The Morgan fingerprint density at radius 3 is 2.70 bits per heavy atom. The Morgan fingerprint density at radius 2 is 1.94 bits per heavy atom. The first-order valence-corrected chi connectivity index (χ1v) is 14.1. The van der Waals surface area contributed by atoms with E-state index in [-0.39, 0.29) is 28.8 Å². The summed E-state index contributed by atoms with van der Waals surface area (Å²) in [5.74, 6) is 3.00. The second-order valence-corrected chi connectivity index (χ2v) is 13.3. The van der Waals surface area contributed by atoms with Crippen molar-refractivity contribution in [3.05, 3.63) is 22.4 Å². The van der Waals surface area contributed by atoms with Gasteiger partial charge >= 0.3 is 0 Å². The molecule has 4 saturated carbocycles. The summed E-state index contributed by atoms with van der Waals surface area (Å²) in [7, 11) is 0. The van der Waals surface area contributed by atoms with Gasteiger partial charge in [0.2, 0.25) is 5.91 Å². The summed E-state index contributed by atoms with van der Waals surface area (Å²) in [4.78, 5) is 27.4. The molecule has 0 aromatic carbocycles. The molecule has 4 fully saturated rings. The SMILES string of the molecule is C[C@H](CC(=O)NCc1cccs1)C1CC[C@H]2[C@@H]3C(=O)C[C@@H]4C[C@H](O)CC[C@]4(C)[C@H]3CC[C@]12C. The van der Waals surface area contributed by atoms with Gasteiger partial charge in [-0.2, -0.15) is 0 Å². The number of ketones is 1. The van der Waals surface area contributed by atoms with Crippen LogP contribution in [-0.2, 0) is 16.1 Å². The summed E-state index contributed by atoms with van der Waals surface area (Å²) < 4.78 is 0. The highest BCUT2D eigenvalue weighted by molar-refractivity contribution is 7.09. The lowest BCUT2D eigenvalue weighted by atomic mass is 9.44. The van der Waals surface area contributed by atoms with Crippen LogP contribution in [0.4, 0.5) is 0 Å². The average molecular weight is 472 g/mol. The molecule has 0 bridgehead atoms. The van der Waals surface area contributed by atoms with Crippen LogP contribution in [0.25, 0.3) is 0 Å². The summed E-state index contributed by atoms with van der Waals surface area (Å²) in [6.07, 6.45) is 8.42. The van der Waals surface area contributed by atoms with E-state index in [0.717, 1.165) is 38.5 Å². The molecule has 1 aromatic rings. The van der Waals surface area contributed by atoms with Gasteiger partial charge < -0.3 is 10.4 Å². The van der Waals surface area contributed by atoms with Crippen LogP contribution in [-0.4, -0.2) is 22.9 Å². The number of fused-ring (bicyclic) bond motifs is 5. The molecular formula is C28H41NO3S. The molecule has 0 saturated heterocycles. The Labute approximate surface area is 202 Å². The molecule has 4 nitrogen and oxygen atoms in total. The summed E-state index contributed by atoms with van der Waals surface area (Å²) in [6.45, 7) is 7.76. The maximum absolute atomic E-state index is 13.5. The maximum atomic E-state index is 13.5. The van der Waals surface area contributed by atoms with Crippen LogP contribution >= 0.6 is 11.3 Å². The normalized spacial score (nSPS) is 43.3. The number of hydrogen-bond donors (Lipinski definition) is 2. The first-order valence-electron chi connectivity index (χ1n) is 13.2. The molecule has 182 valence electrons. The average Bonchev–Trinajstić information content (AvgIpc) is 3.41. The van der Waals surface area contributed by atoms with E-state index in [0.29, 0.717) is 54.8 Å². The molecule has 1 unspecified atom stereocenters. The van der Waals surface area contributed by atoms with Crippen LogP contribution in [0, 0.1) is 46.3 Å². The standard InChI is InChI=1S/C28H41NO3S/c1-17(13-25(32)29-16-20-5-4-12-33-20)21-6-7-22-26-23(9-11-28(21,22)3)27(2)10-8-19(30)14-18(27)15-24(26)31/h4-5,12,17-19,21-23,26,30H,6-11,13-16H2,1-3H3,(H,29,32)/t17-,18+,19-,21?,22+,23+,26+,27+,28-/m1/s1. The molecule has 1 aromatic heterocycles. The zero-order valence-corrected chi connectivity index (χ0v) is 21.3. The lowest BCUT2D eigenvalue weighted by Crippen LogP contribution is -2.57. The van der Waals surface area contributed by atoms with Gasteiger partial charge in [-0.1, -0.05) is 26.8 Å². The van der Waals surface area contributed by atoms with E-state index in [4.69, 9.17) is 0 Å².